The fourth-order valence-corrected chi connectivity index (χ4v) is 1.74. The quantitative estimate of drug-likeness (QED) is 0.685. The highest BCUT2D eigenvalue weighted by molar-refractivity contribution is 5.87. The monoisotopic (exact) mass is 288 g/mol. The number of aryl methyl sites for hydroxylation is 2. The van der Waals surface area contributed by atoms with Crippen LogP contribution in [0.4, 0.5) is 5.69 Å². The summed E-state index contributed by atoms with van der Waals surface area (Å²) in [5.74, 6) is -0.897. The second-order valence-corrected chi connectivity index (χ2v) is 4.48. The Kier molecular flexibility index (Phi) is 3.84. The molecular formula is C14H12N2O5. The minimum atomic E-state index is -1.10. The number of aromatic nitrogens is 1. The van der Waals surface area contributed by atoms with Crippen molar-refractivity contribution in [2.24, 2.45) is 0 Å². The Bertz CT molecular complexity index is 727. The number of nitro benzene ring substituents is 1. The van der Waals surface area contributed by atoms with E-state index in [-0.39, 0.29) is 22.9 Å². The van der Waals surface area contributed by atoms with E-state index in [9.17, 15) is 14.9 Å². The van der Waals surface area contributed by atoms with Crippen molar-refractivity contribution in [3.05, 3.63) is 57.3 Å². The van der Waals surface area contributed by atoms with E-state index in [0.29, 0.717) is 5.56 Å². The molecule has 1 N–H and O–H groups in total. The number of carbonyl (C=O) groups is 1. The van der Waals surface area contributed by atoms with Gasteiger partial charge in [-0.1, -0.05) is 6.07 Å². The Balaban J connectivity index is 2.40. The summed E-state index contributed by atoms with van der Waals surface area (Å²) < 4.78 is 5.47. The third-order valence-corrected chi connectivity index (χ3v) is 2.80. The number of hydrogen-bond acceptors (Lipinski definition) is 5. The standard InChI is InChI=1S/C14H12N2O5/c1-8-3-4-11(16(19)20)12(5-8)21-13-9(2)6-10(7-15-13)14(17)18/h3-7H,1-2H3,(H,17,18). The third kappa shape index (κ3) is 3.14. The van der Waals surface area contributed by atoms with E-state index in [2.05, 4.69) is 4.98 Å². The lowest BCUT2D eigenvalue weighted by Crippen LogP contribution is -2.01. The second-order valence-electron chi connectivity index (χ2n) is 4.48. The molecule has 0 saturated carbocycles. The van der Waals surface area contributed by atoms with Gasteiger partial charge in [-0.25, -0.2) is 9.78 Å². The molecule has 1 aromatic carbocycles. The van der Waals surface area contributed by atoms with Crippen molar-refractivity contribution in [1.29, 1.82) is 0 Å². The summed E-state index contributed by atoms with van der Waals surface area (Å²) >= 11 is 0. The number of nitrogens with zero attached hydrogens (tertiary/aromatic N) is 2. The maximum absolute atomic E-state index is 11.0. The molecule has 7 nitrogen and oxygen atoms in total. The van der Waals surface area contributed by atoms with Crippen molar-refractivity contribution in [3.63, 3.8) is 0 Å². The Morgan fingerprint density at radius 1 is 1.33 bits per heavy atom. The number of pyridine rings is 1. The maximum Gasteiger partial charge on any atom is 0.337 e. The summed E-state index contributed by atoms with van der Waals surface area (Å²) in [7, 11) is 0. The molecule has 0 radical (unpaired) electrons. The first-order valence-corrected chi connectivity index (χ1v) is 6.01. The Labute approximate surface area is 120 Å². The first kappa shape index (κ1) is 14.4. The largest absolute Gasteiger partial charge is 0.478 e. The van der Waals surface area contributed by atoms with Gasteiger partial charge in [0.2, 0.25) is 11.6 Å². The fraction of sp³-hybridized carbons (Fsp3) is 0.143. The summed E-state index contributed by atoms with van der Waals surface area (Å²) in [5.41, 5.74) is 1.13. The van der Waals surface area contributed by atoms with Crippen LogP contribution >= 0.6 is 0 Å². The van der Waals surface area contributed by atoms with Crippen molar-refractivity contribution in [2.75, 3.05) is 0 Å². The summed E-state index contributed by atoms with van der Waals surface area (Å²) in [6, 6.07) is 5.89. The van der Waals surface area contributed by atoms with Crippen LogP contribution in [0.1, 0.15) is 21.5 Å². The number of carboxylic acids is 1. The Hall–Kier alpha value is -2.96. The Morgan fingerprint density at radius 2 is 2.05 bits per heavy atom. The topological polar surface area (TPSA) is 103 Å². The lowest BCUT2D eigenvalue weighted by molar-refractivity contribution is -0.385. The van der Waals surface area contributed by atoms with E-state index >= 15 is 0 Å². The van der Waals surface area contributed by atoms with E-state index in [4.69, 9.17) is 9.84 Å². The molecule has 0 aliphatic heterocycles. The van der Waals surface area contributed by atoms with E-state index < -0.39 is 10.9 Å². The van der Waals surface area contributed by atoms with Gasteiger partial charge in [-0.05, 0) is 31.5 Å². The number of nitro groups is 1. The van der Waals surface area contributed by atoms with Crippen LogP contribution in [0.3, 0.4) is 0 Å². The molecule has 0 aliphatic rings. The van der Waals surface area contributed by atoms with Gasteiger partial charge in [-0.2, -0.15) is 0 Å². The van der Waals surface area contributed by atoms with Crippen LogP contribution in [0.2, 0.25) is 0 Å². The van der Waals surface area contributed by atoms with Crippen LogP contribution in [0.25, 0.3) is 0 Å². The Morgan fingerprint density at radius 3 is 2.62 bits per heavy atom. The predicted octanol–water partition coefficient (Wildman–Crippen LogP) is 3.10. The van der Waals surface area contributed by atoms with E-state index in [0.717, 1.165) is 11.8 Å². The molecule has 2 aromatic rings. The molecule has 1 heterocycles. The molecule has 0 aliphatic carbocycles. The van der Waals surface area contributed by atoms with Gasteiger partial charge >= 0.3 is 11.7 Å². The molecule has 0 saturated heterocycles. The summed E-state index contributed by atoms with van der Waals surface area (Å²) in [6.07, 6.45) is 1.15. The second kappa shape index (κ2) is 5.58. The number of rotatable bonds is 4. The predicted molar refractivity (Wildman–Crippen MR) is 73.8 cm³/mol. The van der Waals surface area contributed by atoms with Crippen LogP contribution in [0.5, 0.6) is 11.6 Å². The van der Waals surface area contributed by atoms with Gasteiger partial charge in [0.05, 0.1) is 10.5 Å². The average Bonchev–Trinajstić information content (AvgIpc) is 2.40. The van der Waals surface area contributed by atoms with Crippen molar-refractivity contribution in [2.45, 2.75) is 13.8 Å². The molecule has 0 fully saturated rings. The molecule has 0 amide bonds. The number of ether oxygens (including phenoxy) is 1. The highest BCUT2D eigenvalue weighted by atomic mass is 16.6. The number of aromatic carboxylic acids is 1. The molecule has 0 bridgehead atoms. The van der Waals surface area contributed by atoms with Crippen LogP contribution in [0.15, 0.2) is 30.5 Å². The molecule has 21 heavy (non-hydrogen) atoms. The molecule has 2 rings (SSSR count). The molecule has 108 valence electrons. The average molecular weight is 288 g/mol. The zero-order valence-corrected chi connectivity index (χ0v) is 11.4. The molecule has 7 heteroatoms. The van der Waals surface area contributed by atoms with Crippen molar-refractivity contribution in [1.82, 2.24) is 4.98 Å². The van der Waals surface area contributed by atoms with E-state index in [1.165, 1.54) is 18.2 Å². The number of carboxylic acid groups (broad SMARTS) is 1. The first-order chi connectivity index (χ1) is 9.88. The SMILES string of the molecule is Cc1ccc([N+](=O)[O-])c(Oc2ncc(C(=O)O)cc2C)c1. The van der Waals surface area contributed by atoms with Crippen molar-refractivity contribution < 1.29 is 19.6 Å². The highest BCUT2D eigenvalue weighted by Crippen LogP contribution is 2.32. The van der Waals surface area contributed by atoms with E-state index in [1.807, 2.05) is 0 Å². The smallest absolute Gasteiger partial charge is 0.337 e. The summed E-state index contributed by atoms with van der Waals surface area (Å²) in [5, 5.41) is 19.9. The number of hydrogen-bond donors (Lipinski definition) is 1. The lowest BCUT2D eigenvalue weighted by atomic mass is 10.2. The highest BCUT2D eigenvalue weighted by Gasteiger charge is 2.17. The van der Waals surface area contributed by atoms with Gasteiger partial charge in [0.15, 0.2) is 0 Å². The van der Waals surface area contributed by atoms with Crippen molar-refractivity contribution in [3.8, 4) is 11.6 Å². The first-order valence-electron chi connectivity index (χ1n) is 6.01. The fourth-order valence-electron chi connectivity index (χ4n) is 1.74. The van der Waals surface area contributed by atoms with Gasteiger partial charge < -0.3 is 9.84 Å². The number of benzene rings is 1. The van der Waals surface area contributed by atoms with Crippen LogP contribution in [-0.4, -0.2) is 21.0 Å². The minimum Gasteiger partial charge on any atom is -0.478 e. The van der Waals surface area contributed by atoms with Crippen LogP contribution in [-0.2, 0) is 0 Å². The maximum atomic E-state index is 11.0. The molecule has 1 aromatic heterocycles. The molecule has 0 atom stereocenters. The molecule has 0 spiro atoms. The third-order valence-electron chi connectivity index (χ3n) is 2.80. The van der Waals surface area contributed by atoms with E-state index in [1.54, 1.807) is 19.9 Å². The summed E-state index contributed by atoms with van der Waals surface area (Å²) in [4.78, 5) is 25.2. The van der Waals surface area contributed by atoms with Crippen LogP contribution < -0.4 is 4.74 Å². The minimum absolute atomic E-state index is 0.0265. The molecular weight excluding hydrogens is 276 g/mol. The van der Waals surface area contributed by atoms with Gasteiger partial charge in [0.25, 0.3) is 0 Å². The van der Waals surface area contributed by atoms with Crippen LogP contribution in [0, 0.1) is 24.0 Å². The van der Waals surface area contributed by atoms with Gasteiger partial charge in [-0.3, -0.25) is 10.1 Å². The molecule has 0 unspecified atom stereocenters. The summed E-state index contributed by atoms with van der Waals surface area (Å²) in [6.45, 7) is 3.40. The van der Waals surface area contributed by atoms with Crippen molar-refractivity contribution >= 4 is 11.7 Å². The van der Waals surface area contributed by atoms with Gasteiger partial charge in [-0.15, -0.1) is 0 Å². The zero-order valence-electron chi connectivity index (χ0n) is 11.4. The van der Waals surface area contributed by atoms with Gasteiger partial charge in [0.1, 0.15) is 0 Å². The lowest BCUT2D eigenvalue weighted by Gasteiger charge is -2.09. The zero-order chi connectivity index (χ0) is 15.6. The normalized spacial score (nSPS) is 10.2. The van der Waals surface area contributed by atoms with Gasteiger partial charge in [0, 0.05) is 17.8 Å².